The highest BCUT2D eigenvalue weighted by Crippen LogP contribution is 2.18. The van der Waals surface area contributed by atoms with E-state index in [1.807, 2.05) is 42.1 Å². The Kier molecular flexibility index (Phi) is 5.50. The molecule has 0 radical (unpaired) electrons. The summed E-state index contributed by atoms with van der Waals surface area (Å²) < 4.78 is 5.61. The quantitative estimate of drug-likeness (QED) is 0.432. The van der Waals surface area contributed by atoms with Crippen molar-refractivity contribution in [3.8, 4) is 5.75 Å². The van der Waals surface area contributed by atoms with Crippen LogP contribution in [0.4, 0.5) is 0 Å². The van der Waals surface area contributed by atoms with Gasteiger partial charge >= 0.3 is 0 Å². The summed E-state index contributed by atoms with van der Waals surface area (Å²) in [6.45, 7) is 0.695. The number of thioether (sulfide) groups is 1. The predicted octanol–water partition coefficient (Wildman–Crippen LogP) is 4.06. The molecule has 0 N–H and O–H groups in total. The van der Waals surface area contributed by atoms with Gasteiger partial charge in [0.15, 0.2) is 0 Å². The molecule has 0 unspecified atom stereocenters. The van der Waals surface area contributed by atoms with Crippen LogP contribution >= 0.6 is 11.8 Å². The Hall–Kier alpha value is -1.74. The van der Waals surface area contributed by atoms with E-state index in [1.165, 1.54) is 4.90 Å². The van der Waals surface area contributed by atoms with Gasteiger partial charge in [-0.05, 0) is 42.8 Å². The number of carbonyl (C=O) groups is 1. The lowest BCUT2D eigenvalue weighted by Crippen LogP contribution is -1.98. The fourth-order valence-electron chi connectivity index (χ4n) is 1.60. The van der Waals surface area contributed by atoms with Crippen molar-refractivity contribution in [3.63, 3.8) is 0 Å². The first-order valence-corrected chi connectivity index (χ1v) is 7.23. The van der Waals surface area contributed by atoms with Gasteiger partial charge in [-0.2, -0.15) is 0 Å². The zero-order chi connectivity index (χ0) is 13.3. The van der Waals surface area contributed by atoms with E-state index in [1.54, 1.807) is 12.1 Å². The molecule has 2 nitrogen and oxygen atoms in total. The van der Waals surface area contributed by atoms with Crippen LogP contribution in [0.15, 0.2) is 59.5 Å². The Balaban J connectivity index is 1.65. The van der Waals surface area contributed by atoms with Gasteiger partial charge in [0.1, 0.15) is 12.0 Å². The van der Waals surface area contributed by atoms with Crippen molar-refractivity contribution in [1.82, 2.24) is 0 Å². The summed E-state index contributed by atoms with van der Waals surface area (Å²) in [5.41, 5.74) is 0.673. The van der Waals surface area contributed by atoms with Gasteiger partial charge in [-0.15, -0.1) is 11.8 Å². The van der Waals surface area contributed by atoms with Crippen LogP contribution in [-0.2, 0) is 0 Å². The zero-order valence-corrected chi connectivity index (χ0v) is 11.4. The minimum Gasteiger partial charge on any atom is -0.494 e. The van der Waals surface area contributed by atoms with E-state index < -0.39 is 0 Å². The van der Waals surface area contributed by atoms with Gasteiger partial charge in [0, 0.05) is 16.2 Å². The lowest BCUT2D eigenvalue weighted by molar-refractivity contribution is 0.112. The second-order valence-corrected chi connectivity index (χ2v) is 5.22. The fraction of sp³-hybridized carbons (Fsp3) is 0.188. The average Bonchev–Trinajstić information content (AvgIpc) is 2.49. The summed E-state index contributed by atoms with van der Waals surface area (Å²) in [5.74, 6) is 1.85. The summed E-state index contributed by atoms with van der Waals surface area (Å²) in [7, 11) is 0. The molecular formula is C16H16O2S. The second-order valence-electron chi connectivity index (χ2n) is 4.05. The molecule has 0 bridgehead atoms. The SMILES string of the molecule is O=Cc1ccc(OCCCSc2ccccc2)cc1. The Labute approximate surface area is 117 Å². The summed E-state index contributed by atoms with van der Waals surface area (Å²) >= 11 is 1.84. The van der Waals surface area contributed by atoms with Crippen LogP contribution in [-0.4, -0.2) is 18.6 Å². The topological polar surface area (TPSA) is 26.3 Å². The molecule has 0 fully saturated rings. The highest BCUT2D eigenvalue weighted by atomic mass is 32.2. The van der Waals surface area contributed by atoms with Crippen LogP contribution in [0, 0.1) is 0 Å². The highest BCUT2D eigenvalue weighted by molar-refractivity contribution is 7.99. The highest BCUT2D eigenvalue weighted by Gasteiger charge is 1.96. The number of carbonyl (C=O) groups excluding carboxylic acids is 1. The maximum atomic E-state index is 10.5. The molecule has 2 rings (SSSR count). The van der Waals surface area contributed by atoms with Crippen LogP contribution in [0.1, 0.15) is 16.8 Å². The third-order valence-electron chi connectivity index (χ3n) is 2.59. The van der Waals surface area contributed by atoms with Crippen molar-refractivity contribution in [2.75, 3.05) is 12.4 Å². The standard InChI is InChI=1S/C16H16O2S/c17-13-14-7-9-15(10-8-14)18-11-4-12-19-16-5-2-1-3-6-16/h1-3,5-10,13H,4,11-12H2. The first kappa shape index (κ1) is 13.7. The molecule has 2 aromatic rings. The molecule has 0 aliphatic heterocycles. The third-order valence-corrected chi connectivity index (χ3v) is 3.68. The fourth-order valence-corrected chi connectivity index (χ4v) is 2.45. The van der Waals surface area contributed by atoms with E-state index in [4.69, 9.17) is 4.74 Å². The van der Waals surface area contributed by atoms with Crippen LogP contribution in [0.5, 0.6) is 5.75 Å². The maximum absolute atomic E-state index is 10.5. The molecular weight excluding hydrogens is 256 g/mol. The number of hydrogen-bond acceptors (Lipinski definition) is 3. The van der Waals surface area contributed by atoms with E-state index in [-0.39, 0.29) is 0 Å². The van der Waals surface area contributed by atoms with Crippen LogP contribution in [0.2, 0.25) is 0 Å². The van der Waals surface area contributed by atoms with Crippen molar-refractivity contribution < 1.29 is 9.53 Å². The van der Waals surface area contributed by atoms with Gasteiger partial charge in [-0.3, -0.25) is 4.79 Å². The van der Waals surface area contributed by atoms with E-state index in [0.29, 0.717) is 12.2 Å². The minimum absolute atomic E-state index is 0.673. The molecule has 0 saturated carbocycles. The maximum Gasteiger partial charge on any atom is 0.150 e. The molecule has 3 heteroatoms. The molecule has 0 amide bonds. The number of ether oxygens (including phenoxy) is 1. The first-order valence-electron chi connectivity index (χ1n) is 6.24. The van der Waals surface area contributed by atoms with Gasteiger partial charge in [0.2, 0.25) is 0 Å². The van der Waals surface area contributed by atoms with Crippen molar-refractivity contribution >= 4 is 18.0 Å². The van der Waals surface area contributed by atoms with E-state index in [0.717, 1.165) is 24.2 Å². The van der Waals surface area contributed by atoms with Gasteiger partial charge in [0.25, 0.3) is 0 Å². The Morgan fingerprint density at radius 3 is 2.42 bits per heavy atom. The monoisotopic (exact) mass is 272 g/mol. The molecule has 0 aliphatic carbocycles. The predicted molar refractivity (Wildman–Crippen MR) is 79.1 cm³/mol. The van der Waals surface area contributed by atoms with Gasteiger partial charge in [0.05, 0.1) is 6.61 Å². The summed E-state index contributed by atoms with van der Waals surface area (Å²) in [4.78, 5) is 11.8. The Morgan fingerprint density at radius 2 is 1.74 bits per heavy atom. The van der Waals surface area contributed by atoms with Gasteiger partial charge in [-0.25, -0.2) is 0 Å². The average molecular weight is 272 g/mol. The van der Waals surface area contributed by atoms with Crippen molar-refractivity contribution in [2.24, 2.45) is 0 Å². The lowest BCUT2D eigenvalue weighted by Gasteiger charge is -2.06. The van der Waals surface area contributed by atoms with Crippen LogP contribution in [0.25, 0.3) is 0 Å². The molecule has 98 valence electrons. The molecule has 0 spiro atoms. The molecule has 0 saturated heterocycles. The number of rotatable bonds is 7. The molecule has 0 heterocycles. The number of aldehydes is 1. The smallest absolute Gasteiger partial charge is 0.150 e. The van der Waals surface area contributed by atoms with E-state index in [2.05, 4.69) is 12.1 Å². The van der Waals surface area contributed by atoms with Crippen molar-refractivity contribution in [2.45, 2.75) is 11.3 Å². The number of hydrogen-bond donors (Lipinski definition) is 0. The number of benzene rings is 2. The summed E-state index contributed by atoms with van der Waals surface area (Å²) in [5, 5.41) is 0. The Bertz CT molecular complexity index is 494. The molecule has 0 atom stereocenters. The lowest BCUT2D eigenvalue weighted by atomic mass is 10.2. The van der Waals surface area contributed by atoms with Crippen LogP contribution < -0.4 is 4.74 Å². The summed E-state index contributed by atoms with van der Waals surface area (Å²) in [6.07, 6.45) is 1.83. The Morgan fingerprint density at radius 1 is 1.00 bits per heavy atom. The van der Waals surface area contributed by atoms with Crippen LogP contribution in [0.3, 0.4) is 0 Å². The largest absolute Gasteiger partial charge is 0.494 e. The normalized spacial score (nSPS) is 10.1. The summed E-state index contributed by atoms with van der Waals surface area (Å²) in [6, 6.07) is 17.5. The van der Waals surface area contributed by atoms with Crippen molar-refractivity contribution in [3.05, 3.63) is 60.2 Å². The van der Waals surface area contributed by atoms with E-state index >= 15 is 0 Å². The first-order chi connectivity index (χ1) is 9.38. The van der Waals surface area contributed by atoms with Crippen molar-refractivity contribution in [1.29, 1.82) is 0 Å². The third kappa shape index (κ3) is 4.79. The minimum atomic E-state index is 0.673. The molecule has 2 aromatic carbocycles. The van der Waals surface area contributed by atoms with E-state index in [9.17, 15) is 4.79 Å². The second kappa shape index (κ2) is 7.64. The van der Waals surface area contributed by atoms with Gasteiger partial charge < -0.3 is 4.74 Å². The molecule has 0 aromatic heterocycles. The molecule has 0 aliphatic rings. The zero-order valence-electron chi connectivity index (χ0n) is 10.6. The van der Waals surface area contributed by atoms with Gasteiger partial charge in [-0.1, -0.05) is 18.2 Å². The molecule has 19 heavy (non-hydrogen) atoms.